The van der Waals surface area contributed by atoms with E-state index in [0.29, 0.717) is 22.4 Å². The van der Waals surface area contributed by atoms with Gasteiger partial charge >= 0.3 is 0 Å². The van der Waals surface area contributed by atoms with E-state index in [1.54, 1.807) is 0 Å². The molecule has 0 saturated carbocycles. The van der Waals surface area contributed by atoms with E-state index in [1.165, 1.54) is 12.3 Å². The maximum absolute atomic E-state index is 12.0. The number of carbonyl (C=O) groups excluding carboxylic acids is 1. The number of rotatable bonds is 5. The predicted octanol–water partition coefficient (Wildman–Crippen LogP) is 1.94. The average Bonchev–Trinajstić information content (AvgIpc) is 2.78. The minimum Gasteiger partial charge on any atom is -0.460 e. The maximum atomic E-state index is 12.0. The van der Waals surface area contributed by atoms with Crippen LogP contribution in [0.3, 0.4) is 0 Å². The lowest BCUT2D eigenvalue weighted by Gasteiger charge is -2.12. The number of halogens is 2. The SMILES string of the molecule is Cc1ccc(C[NH+](C)CC(=O)Nc2ncc(Cl)cc2Cl)o1. The van der Waals surface area contributed by atoms with Crippen LogP contribution in [0, 0.1) is 6.92 Å². The molecule has 2 aromatic rings. The minimum absolute atomic E-state index is 0.174. The first kappa shape index (κ1) is 15.8. The van der Waals surface area contributed by atoms with Crippen molar-refractivity contribution in [1.82, 2.24) is 4.98 Å². The zero-order valence-corrected chi connectivity index (χ0v) is 13.3. The molecule has 1 unspecified atom stereocenters. The Bertz CT molecular complexity index is 643. The van der Waals surface area contributed by atoms with Gasteiger partial charge < -0.3 is 14.6 Å². The number of hydrogen-bond donors (Lipinski definition) is 2. The van der Waals surface area contributed by atoms with Crippen molar-refractivity contribution in [1.29, 1.82) is 0 Å². The lowest BCUT2D eigenvalue weighted by molar-refractivity contribution is -0.886. The van der Waals surface area contributed by atoms with Crippen molar-refractivity contribution < 1.29 is 14.1 Å². The zero-order valence-electron chi connectivity index (χ0n) is 11.7. The highest BCUT2D eigenvalue weighted by molar-refractivity contribution is 6.36. The summed E-state index contributed by atoms with van der Waals surface area (Å²) in [6, 6.07) is 5.35. The number of carbonyl (C=O) groups is 1. The molecule has 2 N–H and O–H groups in total. The Morgan fingerprint density at radius 1 is 1.43 bits per heavy atom. The molecule has 1 amide bonds. The van der Waals surface area contributed by atoms with Gasteiger partial charge in [0.25, 0.3) is 5.91 Å². The number of likely N-dealkylation sites (N-methyl/N-ethyl adjacent to an activating group) is 1. The van der Waals surface area contributed by atoms with Gasteiger partial charge in [0, 0.05) is 6.20 Å². The Morgan fingerprint density at radius 3 is 2.81 bits per heavy atom. The molecule has 0 bridgehead atoms. The average molecular weight is 329 g/mol. The lowest BCUT2D eigenvalue weighted by atomic mass is 10.4. The van der Waals surface area contributed by atoms with Crippen LogP contribution in [0.5, 0.6) is 0 Å². The van der Waals surface area contributed by atoms with Gasteiger partial charge in [-0.05, 0) is 25.1 Å². The van der Waals surface area contributed by atoms with Crippen molar-refractivity contribution in [3.8, 4) is 0 Å². The third-order valence-electron chi connectivity index (χ3n) is 2.80. The van der Waals surface area contributed by atoms with E-state index in [2.05, 4.69) is 10.3 Å². The second-order valence-electron chi connectivity index (χ2n) is 4.86. The van der Waals surface area contributed by atoms with Crippen LogP contribution in [-0.2, 0) is 11.3 Å². The number of aromatic nitrogens is 1. The van der Waals surface area contributed by atoms with E-state index in [1.807, 2.05) is 26.1 Å². The fraction of sp³-hybridized carbons (Fsp3) is 0.286. The number of pyridine rings is 1. The number of furan rings is 1. The van der Waals surface area contributed by atoms with Crippen molar-refractivity contribution in [2.24, 2.45) is 0 Å². The quantitative estimate of drug-likeness (QED) is 0.881. The third kappa shape index (κ3) is 4.74. The fourth-order valence-electron chi connectivity index (χ4n) is 1.90. The number of hydrogen-bond acceptors (Lipinski definition) is 3. The molecule has 0 aliphatic heterocycles. The van der Waals surface area contributed by atoms with Gasteiger partial charge in [-0.15, -0.1) is 0 Å². The Hall–Kier alpha value is -1.56. The van der Waals surface area contributed by atoms with Gasteiger partial charge in [-0.3, -0.25) is 4.79 Å². The van der Waals surface area contributed by atoms with Crippen LogP contribution in [0.4, 0.5) is 5.82 Å². The van der Waals surface area contributed by atoms with Gasteiger partial charge in [-0.1, -0.05) is 23.2 Å². The van der Waals surface area contributed by atoms with Crippen LogP contribution in [0.25, 0.3) is 0 Å². The van der Waals surface area contributed by atoms with Gasteiger partial charge in [0.2, 0.25) is 0 Å². The van der Waals surface area contributed by atoms with Crippen molar-refractivity contribution in [3.63, 3.8) is 0 Å². The summed E-state index contributed by atoms with van der Waals surface area (Å²) in [5.41, 5.74) is 0. The normalized spacial score (nSPS) is 12.2. The predicted molar refractivity (Wildman–Crippen MR) is 81.8 cm³/mol. The maximum Gasteiger partial charge on any atom is 0.280 e. The standard InChI is InChI=1S/C14H15Cl2N3O2/c1-9-3-4-11(21-9)7-19(2)8-13(20)18-14-12(16)5-10(15)6-17-14/h3-6H,7-8H2,1-2H3,(H,17,18,20)/p+1. The van der Waals surface area contributed by atoms with Crippen LogP contribution >= 0.6 is 23.2 Å². The topological polar surface area (TPSA) is 59.6 Å². The monoisotopic (exact) mass is 328 g/mol. The molecule has 1 atom stereocenters. The number of quaternary nitrogens is 1. The van der Waals surface area contributed by atoms with E-state index in [9.17, 15) is 4.79 Å². The van der Waals surface area contributed by atoms with Gasteiger partial charge in [0.15, 0.2) is 18.1 Å². The van der Waals surface area contributed by atoms with Gasteiger partial charge in [-0.2, -0.15) is 0 Å². The number of nitrogens with one attached hydrogen (secondary N) is 2. The number of nitrogens with zero attached hydrogens (tertiary/aromatic N) is 1. The summed E-state index contributed by atoms with van der Waals surface area (Å²) in [6.07, 6.45) is 1.44. The first-order valence-electron chi connectivity index (χ1n) is 6.41. The second kappa shape index (κ2) is 6.93. The Kier molecular flexibility index (Phi) is 5.22. The molecule has 2 aromatic heterocycles. The second-order valence-corrected chi connectivity index (χ2v) is 5.70. The van der Waals surface area contributed by atoms with Crippen molar-refractivity contribution >= 4 is 34.9 Å². The zero-order chi connectivity index (χ0) is 15.4. The van der Waals surface area contributed by atoms with Gasteiger partial charge in [-0.25, -0.2) is 4.98 Å². The lowest BCUT2D eigenvalue weighted by Crippen LogP contribution is -3.08. The fourth-order valence-corrected chi connectivity index (χ4v) is 2.32. The highest BCUT2D eigenvalue weighted by atomic mass is 35.5. The molecule has 2 rings (SSSR count). The number of amides is 1. The Morgan fingerprint density at radius 2 is 2.19 bits per heavy atom. The first-order chi connectivity index (χ1) is 9.94. The van der Waals surface area contributed by atoms with E-state index >= 15 is 0 Å². The van der Waals surface area contributed by atoms with Crippen LogP contribution in [0.1, 0.15) is 11.5 Å². The summed E-state index contributed by atoms with van der Waals surface area (Å²) in [5.74, 6) is 1.85. The minimum atomic E-state index is -0.174. The van der Waals surface area contributed by atoms with Crippen molar-refractivity contribution in [2.45, 2.75) is 13.5 Å². The van der Waals surface area contributed by atoms with Crippen molar-refractivity contribution in [2.75, 3.05) is 18.9 Å². The Labute approximate surface area is 132 Å². The summed E-state index contributed by atoms with van der Waals surface area (Å²) < 4.78 is 5.49. The molecule has 21 heavy (non-hydrogen) atoms. The molecule has 5 nitrogen and oxygen atoms in total. The molecule has 0 spiro atoms. The van der Waals surface area contributed by atoms with Crippen LogP contribution in [0.15, 0.2) is 28.8 Å². The summed E-state index contributed by atoms with van der Waals surface area (Å²) in [7, 11) is 1.91. The van der Waals surface area contributed by atoms with E-state index in [0.717, 1.165) is 16.4 Å². The molecule has 0 radical (unpaired) electrons. The van der Waals surface area contributed by atoms with Crippen LogP contribution in [0.2, 0.25) is 10.0 Å². The number of aryl methyl sites for hydroxylation is 1. The summed E-state index contributed by atoms with van der Waals surface area (Å²) >= 11 is 11.7. The molecule has 0 aliphatic carbocycles. The molecular formula is C14H16Cl2N3O2+. The van der Waals surface area contributed by atoms with E-state index in [4.69, 9.17) is 27.6 Å². The van der Waals surface area contributed by atoms with Crippen LogP contribution < -0.4 is 10.2 Å². The van der Waals surface area contributed by atoms with Crippen LogP contribution in [-0.4, -0.2) is 24.5 Å². The molecule has 0 aromatic carbocycles. The van der Waals surface area contributed by atoms with Gasteiger partial charge in [0.05, 0.1) is 17.1 Å². The molecule has 0 fully saturated rings. The summed E-state index contributed by atoms with van der Waals surface area (Å²) in [5, 5.41) is 3.41. The highest BCUT2D eigenvalue weighted by Gasteiger charge is 2.14. The molecular weight excluding hydrogens is 313 g/mol. The molecule has 0 aliphatic rings. The largest absolute Gasteiger partial charge is 0.460 e. The third-order valence-corrected chi connectivity index (χ3v) is 3.29. The van der Waals surface area contributed by atoms with Gasteiger partial charge in [0.1, 0.15) is 12.3 Å². The van der Waals surface area contributed by atoms with E-state index in [-0.39, 0.29) is 12.5 Å². The molecule has 7 heteroatoms. The summed E-state index contributed by atoms with van der Waals surface area (Å²) in [6.45, 7) is 2.79. The first-order valence-corrected chi connectivity index (χ1v) is 7.17. The van der Waals surface area contributed by atoms with Crippen molar-refractivity contribution in [3.05, 3.63) is 46.0 Å². The molecule has 2 heterocycles. The number of anilines is 1. The highest BCUT2D eigenvalue weighted by Crippen LogP contribution is 2.22. The Balaban J connectivity index is 1.89. The molecule has 0 saturated heterocycles. The summed E-state index contributed by atoms with van der Waals surface area (Å²) in [4.78, 5) is 16.9. The van der Waals surface area contributed by atoms with E-state index < -0.39 is 0 Å². The smallest absolute Gasteiger partial charge is 0.280 e. The molecule has 112 valence electrons.